The average molecular weight is 388 g/mol. The first kappa shape index (κ1) is 22.9. The Hall–Kier alpha value is -1.35. The lowest BCUT2D eigenvalue weighted by molar-refractivity contribution is -0.715. The van der Waals surface area contributed by atoms with Gasteiger partial charge in [0.15, 0.2) is 17.8 Å². The molecule has 0 aliphatic heterocycles. The van der Waals surface area contributed by atoms with Crippen LogP contribution in [-0.2, 0) is 18.0 Å². The summed E-state index contributed by atoms with van der Waals surface area (Å²) in [5.41, 5.74) is 2.62. The van der Waals surface area contributed by atoms with Crippen molar-refractivity contribution < 1.29 is 9.30 Å². The Morgan fingerprint density at radius 1 is 0.786 bits per heavy atom. The third-order valence-corrected chi connectivity index (χ3v) is 5.84. The van der Waals surface area contributed by atoms with Gasteiger partial charge in [0, 0.05) is 6.92 Å². The summed E-state index contributed by atoms with van der Waals surface area (Å²) in [5, 5.41) is 0. The van der Waals surface area contributed by atoms with E-state index in [9.17, 15) is 0 Å². The molecule has 1 aromatic carbocycles. The van der Waals surface area contributed by atoms with Crippen LogP contribution in [0.5, 0.6) is 0 Å². The highest BCUT2D eigenvalue weighted by Gasteiger charge is 2.20. The predicted octanol–water partition coefficient (Wildman–Crippen LogP) is 6.93. The van der Waals surface area contributed by atoms with Gasteiger partial charge < -0.3 is 4.74 Å². The minimum absolute atomic E-state index is 0.670. The maximum absolute atomic E-state index is 6.05. The number of ether oxygens (including phenoxy) is 1. The van der Waals surface area contributed by atoms with Gasteiger partial charge in [0.05, 0.1) is 13.2 Å². The molecule has 3 nitrogen and oxygen atoms in total. The van der Waals surface area contributed by atoms with Crippen LogP contribution in [0, 0.1) is 6.92 Å². The Balaban J connectivity index is 1.66. The number of aryl methyl sites for hydroxylation is 1. The standard InChI is InChI=1S/C25H43N2O/c1-4-6-8-9-10-11-12-13-14-17-21-28-22-27-23(3)26(20-7-5-2)24-18-15-16-19-25(24)27/h15-16,18-19H,4-14,17,20-22H2,1-3H3/q+1. The van der Waals surface area contributed by atoms with Crippen LogP contribution in [0.25, 0.3) is 11.0 Å². The van der Waals surface area contributed by atoms with Crippen molar-refractivity contribution >= 4 is 11.0 Å². The number of para-hydroxylation sites is 2. The lowest BCUT2D eigenvalue weighted by Crippen LogP contribution is -2.38. The summed E-state index contributed by atoms with van der Waals surface area (Å²) in [4.78, 5) is 0. The van der Waals surface area contributed by atoms with Gasteiger partial charge in [-0.05, 0) is 25.0 Å². The summed E-state index contributed by atoms with van der Waals surface area (Å²) in [6, 6.07) is 8.72. The van der Waals surface area contributed by atoms with E-state index in [-0.39, 0.29) is 0 Å². The second kappa shape index (κ2) is 13.8. The summed E-state index contributed by atoms with van der Waals surface area (Å²) in [7, 11) is 0. The monoisotopic (exact) mass is 387 g/mol. The van der Waals surface area contributed by atoms with Crippen LogP contribution in [-0.4, -0.2) is 11.2 Å². The number of unbranched alkanes of at least 4 members (excludes halogenated alkanes) is 10. The van der Waals surface area contributed by atoms with E-state index in [4.69, 9.17) is 4.74 Å². The number of hydrogen-bond donors (Lipinski definition) is 0. The molecule has 2 aromatic rings. The topological polar surface area (TPSA) is 18.0 Å². The van der Waals surface area contributed by atoms with E-state index in [1.54, 1.807) is 0 Å². The van der Waals surface area contributed by atoms with Gasteiger partial charge in [-0.25, -0.2) is 9.13 Å². The number of benzene rings is 1. The van der Waals surface area contributed by atoms with Crippen LogP contribution in [0.1, 0.15) is 96.7 Å². The first-order chi connectivity index (χ1) is 13.8. The molecule has 0 saturated carbocycles. The van der Waals surface area contributed by atoms with Gasteiger partial charge in [-0.2, -0.15) is 0 Å². The Kier molecular flexibility index (Phi) is 11.3. The fourth-order valence-electron chi connectivity index (χ4n) is 4.02. The fraction of sp³-hybridized carbons (Fsp3) is 0.720. The molecule has 0 amide bonds. The molecule has 0 atom stereocenters. The molecule has 2 rings (SSSR count). The molecule has 28 heavy (non-hydrogen) atoms. The molecule has 1 heterocycles. The maximum Gasteiger partial charge on any atom is 0.256 e. The highest BCUT2D eigenvalue weighted by Crippen LogP contribution is 2.15. The number of hydrogen-bond acceptors (Lipinski definition) is 1. The van der Waals surface area contributed by atoms with E-state index in [1.807, 2.05) is 0 Å². The van der Waals surface area contributed by atoms with Crippen molar-refractivity contribution in [3.8, 4) is 0 Å². The molecular weight excluding hydrogens is 344 g/mol. The quantitative estimate of drug-likeness (QED) is 0.225. The largest absolute Gasteiger partial charge is 0.342 e. The Labute approximate surface area is 173 Å². The molecule has 3 heteroatoms. The van der Waals surface area contributed by atoms with Gasteiger partial charge in [-0.15, -0.1) is 0 Å². The van der Waals surface area contributed by atoms with Crippen LogP contribution in [0.15, 0.2) is 24.3 Å². The van der Waals surface area contributed by atoms with Gasteiger partial charge >= 0.3 is 0 Å². The zero-order chi connectivity index (χ0) is 20.0. The van der Waals surface area contributed by atoms with Gasteiger partial charge in [-0.1, -0.05) is 90.2 Å². The fourth-order valence-corrected chi connectivity index (χ4v) is 4.02. The molecule has 0 N–H and O–H groups in total. The van der Waals surface area contributed by atoms with E-state index in [2.05, 4.69) is 54.2 Å². The SMILES string of the molecule is CCCCCCCCCCCCOC[n+]1c(C)n(CCCC)c2ccccc21. The average Bonchev–Trinajstić information content (AvgIpc) is 2.98. The van der Waals surface area contributed by atoms with Crippen molar-refractivity contribution in [3.63, 3.8) is 0 Å². The van der Waals surface area contributed by atoms with Crippen molar-refractivity contribution in [1.82, 2.24) is 4.57 Å². The molecule has 1 aromatic heterocycles. The van der Waals surface area contributed by atoms with Crippen molar-refractivity contribution in [2.75, 3.05) is 6.61 Å². The minimum atomic E-state index is 0.670. The minimum Gasteiger partial charge on any atom is -0.342 e. The Morgan fingerprint density at radius 2 is 1.39 bits per heavy atom. The van der Waals surface area contributed by atoms with Crippen LogP contribution >= 0.6 is 0 Å². The molecular formula is C25H43N2O+. The van der Waals surface area contributed by atoms with E-state index >= 15 is 0 Å². The predicted molar refractivity (Wildman–Crippen MR) is 120 cm³/mol. The molecule has 158 valence electrons. The number of nitrogens with zero attached hydrogens (tertiary/aromatic N) is 2. The second-order valence-electron chi connectivity index (χ2n) is 8.19. The van der Waals surface area contributed by atoms with E-state index in [0.29, 0.717) is 6.73 Å². The Morgan fingerprint density at radius 3 is 2.07 bits per heavy atom. The van der Waals surface area contributed by atoms with Crippen LogP contribution in [0.2, 0.25) is 0 Å². The number of fused-ring (bicyclic) bond motifs is 1. The highest BCUT2D eigenvalue weighted by molar-refractivity contribution is 5.72. The third-order valence-electron chi connectivity index (χ3n) is 5.84. The van der Waals surface area contributed by atoms with Gasteiger partial charge in [0.25, 0.3) is 5.82 Å². The van der Waals surface area contributed by atoms with E-state index in [0.717, 1.165) is 13.2 Å². The zero-order valence-electron chi connectivity index (χ0n) is 18.7. The number of imidazole rings is 1. The molecule has 0 saturated heterocycles. The molecule has 0 aliphatic carbocycles. The highest BCUT2D eigenvalue weighted by atomic mass is 16.5. The van der Waals surface area contributed by atoms with Crippen molar-refractivity contribution in [2.24, 2.45) is 0 Å². The first-order valence-corrected chi connectivity index (χ1v) is 11.8. The lowest BCUT2D eigenvalue weighted by atomic mass is 10.1. The van der Waals surface area contributed by atoms with Gasteiger partial charge in [-0.3, -0.25) is 0 Å². The van der Waals surface area contributed by atoms with Crippen molar-refractivity contribution in [2.45, 2.75) is 111 Å². The van der Waals surface area contributed by atoms with Crippen molar-refractivity contribution in [1.29, 1.82) is 0 Å². The van der Waals surface area contributed by atoms with Crippen molar-refractivity contribution in [3.05, 3.63) is 30.1 Å². The molecule has 0 spiro atoms. The summed E-state index contributed by atoms with van der Waals surface area (Å²) in [5.74, 6) is 1.30. The zero-order valence-corrected chi connectivity index (χ0v) is 18.7. The normalized spacial score (nSPS) is 11.5. The summed E-state index contributed by atoms with van der Waals surface area (Å²) < 4.78 is 10.8. The second-order valence-corrected chi connectivity index (χ2v) is 8.19. The lowest BCUT2D eigenvalue weighted by Gasteiger charge is -2.05. The van der Waals surface area contributed by atoms with E-state index < -0.39 is 0 Å². The van der Waals surface area contributed by atoms with Crippen LogP contribution in [0.4, 0.5) is 0 Å². The molecule has 0 aliphatic rings. The Bertz CT molecular complexity index is 662. The molecule has 0 unspecified atom stereocenters. The maximum atomic E-state index is 6.05. The van der Waals surface area contributed by atoms with Gasteiger partial charge in [0.1, 0.15) is 0 Å². The summed E-state index contributed by atoms with van der Waals surface area (Å²) >= 11 is 0. The molecule has 0 radical (unpaired) electrons. The smallest absolute Gasteiger partial charge is 0.256 e. The van der Waals surface area contributed by atoms with Crippen LogP contribution < -0.4 is 4.57 Å². The molecule has 0 fully saturated rings. The van der Waals surface area contributed by atoms with E-state index in [1.165, 1.54) is 93.9 Å². The number of rotatable bonds is 16. The van der Waals surface area contributed by atoms with Gasteiger partial charge in [0.2, 0.25) is 0 Å². The number of aromatic nitrogens is 2. The third kappa shape index (κ3) is 7.24. The molecule has 0 bridgehead atoms. The first-order valence-electron chi connectivity index (χ1n) is 11.8. The van der Waals surface area contributed by atoms with Crippen LogP contribution in [0.3, 0.4) is 0 Å². The summed E-state index contributed by atoms with van der Waals surface area (Å²) in [6.07, 6.45) is 16.1. The summed E-state index contributed by atoms with van der Waals surface area (Å²) in [6.45, 7) is 9.39.